The molecule has 11 nitrogen and oxygen atoms in total. The second-order valence-corrected chi connectivity index (χ2v) is 8.49. The molecule has 0 saturated carbocycles. The monoisotopic (exact) mass is 407 g/mol. The largest absolute Gasteiger partial charge is 0.508 e. The molecule has 4 atom stereocenters. The fraction of sp³-hybridized carbons (Fsp3) is 0.667. The topological polar surface area (TPSA) is 133 Å². The van der Waals surface area contributed by atoms with Gasteiger partial charge in [0.1, 0.15) is 42.4 Å². The minimum Gasteiger partial charge on any atom is -0.431 e. The molecule has 2 saturated heterocycles. The van der Waals surface area contributed by atoms with Gasteiger partial charge >= 0.3 is 6.16 Å². The lowest BCUT2D eigenvalue weighted by molar-refractivity contribution is -0.200. The SMILES string of the molecule is CC(C)(C)OC(=O)OC[C@H]1O[C@@H](n2cnc3c(N)ncnc32)[C@@H]2OC(C)(C)O[C@@H]21. The van der Waals surface area contributed by atoms with E-state index in [0.29, 0.717) is 11.2 Å². The van der Waals surface area contributed by atoms with Gasteiger partial charge in [-0.3, -0.25) is 4.57 Å². The van der Waals surface area contributed by atoms with Gasteiger partial charge in [-0.05, 0) is 34.6 Å². The summed E-state index contributed by atoms with van der Waals surface area (Å²) in [4.78, 5) is 24.4. The van der Waals surface area contributed by atoms with Crippen molar-refractivity contribution in [1.82, 2.24) is 19.5 Å². The van der Waals surface area contributed by atoms with Crippen LogP contribution in [0.3, 0.4) is 0 Å². The lowest BCUT2D eigenvalue weighted by Gasteiger charge is -2.25. The van der Waals surface area contributed by atoms with E-state index in [-0.39, 0.29) is 12.4 Å². The molecular weight excluding hydrogens is 382 g/mol. The lowest BCUT2D eigenvalue weighted by Crippen LogP contribution is -2.34. The van der Waals surface area contributed by atoms with Crippen LogP contribution in [0.4, 0.5) is 10.6 Å². The summed E-state index contributed by atoms with van der Waals surface area (Å²) in [5.41, 5.74) is 6.22. The molecule has 2 aromatic rings. The maximum absolute atomic E-state index is 11.9. The van der Waals surface area contributed by atoms with Crippen molar-refractivity contribution in [3.8, 4) is 0 Å². The number of anilines is 1. The third-order valence-corrected chi connectivity index (χ3v) is 4.54. The average molecular weight is 407 g/mol. The van der Waals surface area contributed by atoms with E-state index in [1.54, 1.807) is 31.7 Å². The van der Waals surface area contributed by atoms with Crippen LogP contribution in [0, 0.1) is 0 Å². The van der Waals surface area contributed by atoms with E-state index in [0.717, 1.165) is 0 Å². The number of imidazole rings is 1. The van der Waals surface area contributed by atoms with Crippen LogP contribution in [0.2, 0.25) is 0 Å². The summed E-state index contributed by atoms with van der Waals surface area (Å²) in [7, 11) is 0. The van der Waals surface area contributed by atoms with Crippen molar-refractivity contribution in [1.29, 1.82) is 0 Å². The molecule has 2 aromatic heterocycles. The predicted molar refractivity (Wildman–Crippen MR) is 99.7 cm³/mol. The summed E-state index contributed by atoms with van der Waals surface area (Å²) < 4.78 is 30.4. The number of aromatic nitrogens is 4. The number of nitrogens with zero attached hydrogens (tertiary/aromatic N) is 4. The number of rotatable bonds is 3. The van der Waals surface area contributed by atoms with Crippen LogP contribution in [0.25, 0.3) is 11.2 Å². The fourth-order valence-electron chi connectivity index (χ4n) is 3.50. The van der Waals surface area contributed by atoms with E-state index in [1.807, 2.05) is 13.8 Å². The van der Waals surface area contributed by atoms with Crippen LogP contribution in [-0.2, 0) is 23.7 Å². The fourth-order valence-corrected chi connectivity index (χ4v) is 3.50. The summed E-state index contributed by atoms with van der Waals surface area (Å²) in [6.45, 7) is 8.89. The molecule has 0 aliphatic carbocycles. The normalized spacial score (nSPS) is 28.4. The molecule has 0 unspecified atom stereocenters. The van der Waals surface area contributed by atoms with Crippen LogP contribution in [0.1, 0.15) is 40.8 Å². The van der Waals surface area contributed by atoms with Crippen LogP contribution in [-0.4, -0.2) is 62.0 Å². The van der Waals surface area contributed by atoms with Gasteiger partial charge in [0, 0.05) is 0 Å². The zero-order valence-electron chi connectivity index (χ0n) is 17.0. The maximum Gasteiger partial charge on any atom is 0.508 e. The van der Waals surface area contributed by atoms with Gasteiger partial charge in [0.05, 0.1) is 6.33 Å². The molecule has 11 heteroatoms. The first-order valence-corrected chi connectivity index (χ1v) is 9.34. The Morgan fingerprint density at radius 1 is 1.24 bits per heavy atom. The second kappa shape index (κ2) is 6.78. The Balaban J connectivity index is 1.56. The molecule has 4 heterocycles. The van der Waals surface area contributed by atoms with E-state index < -0.39 is 42.1 Å². The van der Waals surface area contributed by atoms with Gasteiger partial charge in [-0.2, -0.15) is 0 Å². The smallest absolute Gasteiger partial charge is 0.431 e. The Hall–Kier alpha value is -2.50. The van der Waals surface area contributed by atoms with Crippen LogP contribution >= 0.6 is 0 Å². The van der Waals surface area contributed by atoms with Gasteiger partial charge in [-0.15, -0.1) is 0 Å². The van der Waals surface area contributed by atoms with E-state index in [2.05, 4.69) is 15.0 Å². The Morgan fingerprint density at radius 2 is 1.97 bits per heavy atom. The van der Waals surface area contributed by atoms with Gasteiger partial charge in [-0.1, -0.05) is 0 Å². The summed E-state index contributed by atoms with van der Waals surface area (Å²) in [6, 6.07) is 0. The molecule has 2 aliphatic rings. The summed E-state index contributed by atoms with van der Waals surface area (Å²) >= 11 is 0. The zero-order chi connectivity index (χ0) is 21.0. The van der Waals surface area contributed by atoms with Crippen molar-refractivity contribution in [2.24, 2.45) is 0 Å². The number of hydrogen-bond acceptors (Lipinski definition) is 10. The first-order valence-electron chi connectivity index (χ1n) is 9.34. The second-order valence-electron chi connectivity index (χ2n) is 8.49. The molecule has 2 aliphatic heterocycles. The highest BCUT2D eigenvalue weighted by Gasteiger charge is 2.56. The number of hydrogen-bond donors (Lipinski definition) is 1. The van der Waals surface area contributed by atoms with Crippen molar-refractivity contribution in [3.63, 3.8) is 0 Å². The third kappa shape index (κ3) is 3.85. The predicted octanol–water partition coefficient (Wildman–Crippen LogP) is 1.78. The molecule has 0 spiro atoms. The van der Waals surface area contributed by atoms with Gasteiger partial charge in [0.25, 0.3) is 0 Å². The van der Waals surface area contributed by atoms with Crippen LogP contribution < -0.4 is 5.73 Å². The zero-order valence-corrected chi connectivity index (χ0v) is 17.0. The van der Waals surface area contributed by atoms with E-state index in [4.69, 9.17) is 29.4 Å². The number of nitrogens with two attached hydrogens (primary N) is 1. The van der Waals surface area contributed by atoms with E-state index in [1.165, 1.54) is 6.33 Å². The molecule has 4 rings (SSSR count). The lowest BCUT2D eigenvalue weighted by atomic mass is 10.1. The van der Waals surface area contributed by atoms with Crippen molar-refractivity contribution < 1.29 is 28.5 Å². The Kier molecular flexibility index (Phi) is 4.63. The Morgan fingerprint density at radius 3 is 2.69 bits per heavy atom. The first-order chi connectivity index (χ1) is 13.5. The standard InChI is InChI=1S/C18H25N5O6/c1-17(2,3)29-16(24)25-6-9-11-12(28-18(4,5)27-11)15(26-9)23-8-22-10-13(19)20-7-21-14(10)23/h7-9,11-12,15H,6H2,1-5H3,(H2,19,20,21)/t9-,11-,12-,15-/m1/s1. The van der Waals surface area contributed by atoms with Crippen LogP contribution in [0.15, 0.2) is 12.7 Å². The maximum atomic E-state index is 11.9. The highest BCUT2D eigenvalue weighted by atomic mass is 16.8. The Labute approximate surface area is 167 Å². The highest BCUT2D eigenvalue weighted by Crippen LogP contribution is 2.43. The molecule has 29 heavy (non-hydrogen) atoms. The number of fused-ring (bicyclic) bond motifs is 2. The number of ether oxygens (including phenoxy) is 5. The minimum atomic E-state index is -0.814. The summed E-state index contributed by atoms with van der Waals surface area (Å²) in [6.07, 6.45) is 0.113. The van der Waals surface area contributed by atoms with Crippen LogP contribution in [0.5, 0.6) is 0 Å². The van der Waals surface area contributed by atoms with Crippen molar-refractivity contribution in [2.75, 3.05) is 12.3 Å². The molecule has 158 valence electrons. The quantitative estimate of drug-likeness (QED) is 0.750. The van der Waals surface area contributed by atoms with Gasteiger partial charge in [-0.25, -0.2) is 19.7 Å². The molecule has 2 N–H and O–H groups in total. The molecule has 2 fully saturated rings. The molecule has 0 radical (unpaired) electrons. The van der Waals surface area contributed by atoms with Gasteiger partial charge in [0.2, 0.25) is 0 Å². The van der Waals surface area contributed by atoms with Crippen molar-refractivity contribution in [2.45, 2.75) is 70.5 Å². The van der Waals surface area contributed by atoms with Crippen molar-refractivity contribution >= 4 is 23.1 Å². The molecule has 0 amide bonds. The van der Waals surface area contributed by atoms with Gasteiger partial charge in [0.15, 0.2) is 23.5 Å². The van der Waals surface area contributed by atoms with E-state index >= 15 is 0 Å². The van der Waals surface area contributed by atoms with Gasteiger partial charge < -0.3 is 29.4 Å². The minimum absolute atomic E-state index is 0.0459. The molecule has 0 aromatic carbocycles. The first kappa shape index (κ1) is 19.8. The van der Waals surface area contributed by atoms with E-state index in [9.17, 15) is 4.79 Å². The van der Waals surface area contributed by atoms with Crippen molar-refractivity contribution in [3.05, 3.63) is 12.7 Å². The third-order valence-electron chi connectivity index (χ3n) is 4.54. The number of carbonyl (C=O) groups excluding carboxylic acids is 1. The number of carbonyl (C=O) groups is 1. The molecular formula is C18H25N5O6. The summed E-state index contributed by atoms with van der Waals surface area (Å²) in [5, 5.41) is 0. The Bertz CT molecular complexity index is 923. The summed E-state index contributed by atoms with van der Waals surface area (Å²) in [5.74, 6) is -0.539. The number of nitrogen functional groups attached to an aromatic ring is 1. The average Bonchev–Trinajstić information content (AvgIpc) is 3.23. The molecule has 0 bridgehead atoms. The highest BCUT2D eigenvalue weighted by molar-refractivity contribution is 5.81.